The molecule has 0 amide bonds. The van der Waals surface area contributed by atoms with Gasteiger partial charge in [-0.3, -0.25) is 0 Å². The molecule has 1 aliphatic heterocycles. The van der Waals surface area contributed by atoms with Gasteiger partial charge in [0.2, 0.25) is 0 Å². The van der Waals surface area contributed by atoms with Crippen LogP contribution in [0.2, 0.25) is 0 Å². The van der Waals surface area contributed by atoms with Crippen LogP contribution in [0.25, 0.3) is 0 Å². The predicted octanol–water partition coefficient (Wildman–Crippen LogP) is 0.719. The van der Waals surface area contributed by atoms with Crippen LogP contribution < -0.4 is 10.1 Å². The molecule has 6 nitrogen and oxygen atoms in total. The number of aryl methyl sites for hydroxylation is 1. The minimum Gasteiger partial charge on any atom is -0.495 e. The number of rotatable bonds is 6. The number of nitrogens with one attached hydrogen (secondary N) is 1. The Morgan fingerprint density at radius 2 is 2.09 bits per heavy atom. The molecule has 0 spiro atoms. The van der Waals surface area contributed by atoms with Gasteiger partial charge >= 0.3 is 0 Å². The predicted molar refractivity (Wildman–Crippen MR) is 89.3 cm³/mol. The Hall–Kier alpha value is -1.38. The van der Waals surface area contributed by atoms with Crippen LogP contribution in [0.4, 0.5) is 0 Å². The van der Waals surface area contributed by atoms with Crippen LogP contribution in [0.1, 0.15) is 5.56 Å². The van der Waals surface area contributed by atoms with Gasteiger partial charge in [-0.05, 0) is 24.6 Å². The Labute approximate surface area is 137 Å². The van der Waals surface area contributed by atoms with E-state index in [1.807, 2.05) is 0 Å². The first-order chi connectivity index (χ1) is 10.7. The minimum absolute atomic E-state index is 0.0347. The summed E-state index contributed by atoms with van der Waals surface area (Å²) in [4.78, 5) is 0.0347. The monoisotopic (exact) mass is 359 g/mol. The van der Waals surface area contributed by atoms with Crippen molar-refractivity contribution in [2.75, 3.05) is 25.2 Å². The summed E-state index contributed by atoms with van der Waals surface area (Å²) in [5.41, 5.74) is 0.765. The van der Waals surface area contributed by atoms with Gasteiger partial charge in [0.05, 0.1) is 23.9 Å². The highest BCUT2D eigenvalue weighted by Crippen LogP contribution is 2.32. The van der Waals surface area contributed by atoms with Crippen LogP contribution in [0.3, 0.4) is 0 Å². The number of hydrogen-bond acceptors (Lipinski definition) is 6. The highest BCUT2D eigenvalue weighted by molar-refractivity contribution is 7.96. The van der Waals surface area contributed by atoms with Crippen molar-refractivity contribution in [3.8, 4) is 5.75 Å². The van der Waals surface area contributed by atoms with Crippen molar-refractivity contribution in [2.24, 2.45) is 0 Å². The average molecular weight is 359 g/mol. The van der Waals surface area contributed by atoms with Gasteiger partial charge in [0.1, 0.15) is 10.6 Å². The third kappa shape index (κ3) is 3.76. The first-order valence-corrected chi connectivity index (χ1v) is 10.5. The maximum Gasteiger partial charge on any atom is 0.187 e. The van der Waals surface area contributed by atoms with Gasteiger partial charge in [0.15, 0.2) is 19.7 Å². The van der Waals surface area contributed by atoms with E-state index in [0.29, 0.717) is 6.54 Å². The zero-order valence-electron chi connectivity index (χ0n) is 13.2. The molecule has 1 saturated heterocycles. The van der Waals surface area contributed by atoms with E-state index in [1.165, 1.54) is 13.2 Å². The molecule has 0 saturated carbocycles. The van der Waals surface area contributed by atoms with Crippen molar-refractivity contribution < 1.29 is 21.6 Å². The van der Waals surface area contributed by atoms with Gasteiger partial charge in [-0.1, -0.05) is 12.1 Å². The van der Waals surface area contributed by atoms with E-state index < -0.39 is 31.0 Å². The largest absolute Gasteiger partial charge is 0.495 e. The Morgan fingerprint density at radius 3 is 2.70 bits per heavy atom. The van der Waals surface area contributed by atoms with E-state index in [0.717, 1.165) is 5.56 Å². The molecule has 23 heavy (non-hydrogen) atoms. The fourth-order valence-corrected chi connectivity index (χ4v) is 7.68. The molecular formula is C15H21NO5S2. The second-order valence-corrected chi connectivity index (χ2v) is 9.91. The molecule has 2 rings (SSSR count). The van der Waals surface area contributed by atoms with Gasteiger partial charge in [-0.15, -0.1) is 6.58 Å². The average Bonchev–Trinajstić information content (AvgIpc) is 2.80. The Bertz CT molecular complexity index is 799. The summed E-state index contributed by atoms with van der Waals surface area (Å²) >= 11 is 0. The van der Waals surface area contributed by atoms with Gasteiger partial charge in [0.25, 0.3) is 0 Å². The topological polar surface area (TPSA) is 89.5 Å². The third-order valence-corrected chi connectivity index (χ3v) is 8.02. The van der Waals surface area contributed by atoms with E-state index in [-0.39, 0.29) is 22.2 Å². The molecule has 128 valence electrons. The molecule has 1 fully saturated rings. The van der Waals surface area contributed by atoms with Gasteiger partial charge in [-0.2, -0.15) is 0 Å². The number of methoxy groups -OCH3 is 1. The second kappa shape index (κ2) is 6.62. The second-order valence-electron chi connectivity index (χ2n) is 5.62. The van der Waals surface area contributed by atoms with Crippen molar-refractivity contribution in [1.29, 1.82) is 0 Å². The first-order valence-electron chi connectivity index (χ1n) is 7.14. The summed E-state index contributed by atoms with van der Waals surface area (Å²) in [6, 6.07) is 4.19. The summed E-state index contributed by atoms with van der Waals surface area (Å²) < 4.78 is 55.1. The molecule has 8 heteroatoms. The number of hydrogen-bond donors (Lipinski definition) is 1. The van der Waals surface area contributed by atoms with Crippen molar-refractivity contribution in [2.45, 2.75) is 23.1 Å². The van der Waals surface area contributed by atoms with Crippen LogP contribution in [0.5, 0.6) is 5.75 Å². The molecule has 0 aromatic heterocycles. The molecule has 1 aromatic carbocycles. The molecule has 1 aromatic rings. The lowest BCUT2D eigenvalue weighted by molar-refractivity contribution is 0.402. The van der Waals surface area contributed by atoms with E-state index in [2.05, 4.69) is 11.9 Å². The molecule has 0 unspecified atom stereocenters. The van der Waals surface area contributed by atoms with Crippen molar-refractivity contribution >= 4 is 19.7 Å². The van der Waals surface area contributed by atoms with Gasteiger partial charge in [0, 0.05) is 12.6 Å². The fourth-order valence-electron chi connectivity index (χ4n) is 2.72. The SMILES string of the molecule is C=CCN[C@H]1CS(=O)(=O)C[C@@H]1S(=O)(=O)c1cc(C)ccc1OC. The van der Waals surface area contributed by atoms with E-state index >= 15 is 0 Å². The maximum atomic E-state index is 13.0. The molecule has 1 heterocycles. The van der Waals surface area contributed by atoms with Crippen molar-refractivity contribution in [1.82, 2.24) is 5.32 Å². The minimum atomic E-state index is -3.86. The number of benzene rings is 1. The summed E-state index contributed by atoms with van der Waals surface area (Å²) in [7, 11) is -5.88. The lowest BCUT2D eigenvalue weighted by Crippen LogP contribution is -2.43. The quantitative estimate of drug-likeness (QED) is 0.753. The molecule has 1 N–H and O–H groups in total. The smallest absolute Gasteiger partial charge is 0.187 e. The first kappa shape index (κ1) is 18.0. The lowest BCUT2D eigenvalue weighted by atomic mass is 10.2. The third-order valence-electron chi connectivity index (χ3n) is 3.85. The zero-order valence-corrected chi connectivity index (χ0v) is 14.8. The molecular weight excluding hydrogens is 338 g/mol. The summed E-state index contributed by atoms with van der Waals surface area (Å²) in [6.07, 6.45) is 1.57. The fraction of sp³-hybridized carbons (Fsp3) is 0.467. The van der Waals surface area contributed by atoms with Crippen molar-refractivity contribution in [3.05, 3.63) is 36.4 Å². The van der Waals surface area contributed by atoms with Crippen LogP contribution in [-0.4, -0.2) is 53.3 Å². The van der Waals surface area contributed by atoms with Crippen LogP contribution in [0, 0.1) is 6.92 Å². The summed E-state index contributed by atoms with van der Waals surface area (Å²) in [5.74, 6) is -0.359. The van der Waals surface area contributed by atoms with Gasteiger partial charge in [-0.25, -0.2) is 16.8 Å². The molecule has 2 atom stereocenters. The maximum absolute atomic E-state index is 13.0. The summed E-state index contributed by atoms with van der Waals surface area (Å²) in [6.45, 7) is 5.68. The lowest BCUT2D eigenvalue weighted by Gasteiger charge is -2.20. The van der Waals surface area contributed by atoms with Gasteiger partial charge < -0.3 is 10.1 Å². The standard InChI is InChI=1S/C15H21NO5S2/c1-4-7-16-12-9-22(17,18)10-15(12)23(19,20)14-8-11(2)5-6-13(14)21-3/h4-6,8,12,15-16H,1,7,9-10H2,2-3H3/t12-,15-/m0/s1. The highest BCUT2D eigenvalue weighted by atomic mass is 32.2. The van der Waals surface area contributed by atoms with E-state index in [9.17, 15) is 16.8 Å². The molecule has 1 aliphatic rings. The Balaban J connectivity index is 2.49. The number of sulfone groups is 2. The van der Waals surface area contributed by atoms with E-state index in [1.54, 1.807) is 25.1 Å². The molecule has 0 bridgehead atoms. The van der Waals surface area contributed by atoms with E-state index in [4.69, 9.17) is 4.74 Å². The Kier molecular flexibility index (Phi) is 5.17. The summed E-state index contributed by atoms with van der Waals surface area (Å²) in [5, 5.41) is 1.91. The molecule has 0 radical (unpaired) electrons. The van der Waals surface area contributed by atoms with Crippen molar-refractivity contribution in [3.63, 3.8) is 0 Å². The van der Waals surface area contributed by atoms with Crippen LogP contribution in [-0.2, 0) is 19.7 Å². The van der Waals surface area contributed by atoms with Crippen LogP contribution in [0.15, 0.2) is 35.7 Å². The molecule has 0 aliphatic carbocycles. The zero-order chi connectivity index (χ0) is 17.3. The normalized spacial score (nSPS) is 23.6. The highest BCUT2D eigenvalue weighted by Gasteiger charge is 2.46. The Morgan fingerprint density at radius 1 is 1.39 bits per heavy atom. The number of ether oxygens (including phenoxy) is 1. The van der Waals surface area contributed by atoms with Crippen LogP contribution >= 0.6 is 0 Å².